The van der Waals surface area contributed by atoms with E-state index in [0.717, 1.165) is 27.8 Å². The van der Waals surface area contributed by atoms with Crippen LogP contribution in [0.5, 0.6) is 5.75 Å². The minimum Gasteiger partial charge on any atom is -0.509 e. The van der Waals surface area contributed by atoms with Crippen molar-refractivity contribution in [2.75, 3.05) is 6.61 Å². The van der Waals surface area contributed by atoms with Crippen molar-refractivity contribution in [3.8, 4) is 16.3 Å². The number of fused-ring (bicyclic) bond motifs is 1. The zero-order valence-electron chi connectivity index (χ0n) is 17.0. The maximum atomic E-state index is 9.21. The Morgan fingerprint density at radius 1 is 1.10 bits per heavy atom. The van der Waals surface area contributed by atoms with Gasteiger partial charge in [-0.25, -0.2) is 4.98 Å². The number of aliphatic hydroxyl groups is 1. The number of aromatic nitrogens is 1. The van der Waals surface area contributed by atoms with Crippen molar-refractivity contribution in [2.24, 2.45) is 0 Å². The molecule has 1 aromatic heterocycles. The van der Waals surface area contributed by atoms with Crippen LogP contribution in [0.3, 0.4) is 0 Å². The normalized spacial score (nSPS) is 11.0. The van der Waals surface area contributed by atoms with E-state index in [2.05, 4.69) is 68.1 Å². The van der Waals surface area contributed by atoms with Crippen LogP contribution in [0.4, 0.5) is 0 Å². The second kappa shape index (κ2) is 8.94. The molecule has 0 saturated carbocycles. The van der Waals surface area contributed by atoms with Gasteiger partial charge in [-0.15, -0.1) is 23.1 Å². The number of rotatable bonds is 7. The van der Waals surface area contributed by atoms with Crippen LogP contribution in [0.2, 0.25) is 0 Å². The molecule has 30 heavy (non-hydrogen) atoms. The summed E-state index contributed by atoms with van der Waals surface area (Å²) in [5.74, 6) is 1.67. The first-order chi connectivity index (χ1) is 14.5. The smallest absolute Gasteiger partial charge is 0.144 e. The van der Waals surface area contributed by atoms with E-state index in [1.807, 2.05) is 13.0 Å². The molecule has 5 heteroatoms. The topological polar surface area (TPSA) is 42.4 Å². The SMILES string of the molecule is C=C(O)COc1ccc(SCc2sc(-c3cccc4ccccc34)nc2C)cc1C. The zero-order chi connectivity index (χ0) is 21.1. The lowest BCUT2D eigenvalue weighted by Crippen LogP contribution is -2.00. The predicted molar refractivity (Wildman–Crippen MR) is 128 cm³/mol. The number of hydrogen-bond donors (Lipinski definition) is 1. The molecule has 0 aliphatic rings. The van der Waals surface area contributed by atoms with Gasteiger partial charge in [0.25, 0.3) is 0 Å². The minimum absolute atomic E-state index is 0.0236. The van der Waals surface area contributed by atoms with Gasteiger partial charge < -0.3 is 9.84 Å². The van der Waals surface area contributed by atoms with Crippen LogP contribution in [0.15, 0.2) is 77.9 Å². The average molecular weight is 434 g/mol. The molecule has 3 nitrogen and oxygen atoms in total. The molecule has 0 unspecified atom stereocenters. The van der Waals surface area contributed by atoms with Gasteiger partial charge in [-0.3, -0.25) is 0 Å². The Hall–Kier alpha value is -2.76. The van der Waals surface area contributed by atoms with E-state index >= 15 is 0 Å². The van der Waals surface area contributed by atoms with Crippen molar-refractivity contribution in [3.63, 3.8) is 0 Å². The third-order valence-electron chi connectivity index (χ3n) is 4.82. The molecule has 0 atom stereocenters. The highest BCUT2D eigenvalue weighted by atomic mass is 32.2. The highest BCUT2D eigenvalue weighted by Gasteiger charge is 2.12. The number of thiazole rings is 1. The lowest BCUT2D eigenvalue weighted by Gasteiger charge is -2.10. The molecule has 0 fully saturated rings. The zero-order valence-corrected chi connectivity index (χ0v) is 18.6. The van der Waals surface area contributed by atoms with Crippen LogP contribution in [-0.2, 0) is 5.75 Å². The van der Waals surface area contributed by atoms with E-state index in [-0.39, 0.29) is 12.4 Å². The van der Waals surface area contributed by atoms with E-state index in [9.17, 15) is 5.11 Å². The van der Waals surface area contributed by atoms with Crippen molar-refractivity contribution in [3.05, 3.63) is 89.1 Å². The summed E-state index contributed by atoms with van der Waals surface area (Å²) in [6.45, 7) is 7.66. The maximum absolute atomic E-state index is 9.21. The molecule has 0 saturated heterocycles. The van der Waals surface area contributed by atoms with Crippen molar-refractivity contribution < 1.29 is 9.84 Å². The highest BCUT2D eigenvalue weighted by molar-refractivity contribution is 7.98. The summed E-state index contributed by atoms with van der Waals surface area (Å²) < 4.78 is 5.56. The van der Waals surface area contributed by atoms with Gasteiger partial charge in [-0.05, 0) is 48.4 Å². The Bertz CT molecular complexity index is 1210. The Balaban J connectivity index is 1.51. The number of aryl methyl sites for hydroxylation is 2. The molecule has 0 bridgehead atoms. The molecule has 1 heterocycles. The van der Waals surface area contributed by atoms with E-state index in [1.54, 1.807) is 23.1 Å². The van der Waals surface area contributed by atoms with Crippen molar-refractivity contribution >= 4 is 33.9 Å². The molecule has 0 aliphatic carbocycles. The lowest BCUT2D eigenvalue weighted by atomic mass is 10.1. The summed E-state index contributed by atoms with van der Waals surface area (Å²) in [6.07, 6.45) is 0. The molecule has 152 valence electrons. The van der Waals surface area contributed by atoms with Gasteiger partial charge in [0.1, 0.15) is 23.1 Å². The molecular formula is C25H23NO2S2. The quantitative estimate of drug-likeness (QED) is 0.245. The summed E-state index contributed by atoms with van der Waals surface area (Å²) in [5, 5.41) is 12.8. The van der Waals surface area contributed by atoms with E-state index in [1.165, 1.54) is 26.1 Å². The predicted octanol–water partition coefficient (Wildman–Crippen LogP) is 7.32. The van der Waals surface area contributed by atoms with E-state index in [4.69, 9.17) is 9.72 Å². The maximum Gasteiger partial charge on any atom is 0.144 e. The second-order valence-corrected chi connectivity index (χ2v) is 9.26. The fraction of sp³-hybridized carbons (Fsp3) is 0.160. The van der Waals surface area contributed by atoms with Crippen LogP contribution in [0, 0.1) is 13.8 Å². The fourth-order valence-corrected chi connectivity index (χ4v) is 5.51. The molecule has 1 N–H and O–H groups in total. The third-order valence-corrected chi connectivity index (χ3v) is 7.22. The van der Waals surface area contributed by atoms with Crippen molar-refractivity contribution in [1.82, 2.24) is 4.98 Å². The Kier molecular flexibility index (Phi) is 6.11. The summed E-state index contributed by atoms with van der Waals surface area (Å²) >= 11 is 3.57. The van der Waals surface area contributed by atoms with Crippen LogP contribution in [-0.4, -0.2) is 16.7 Å². The number of aliphatic hydroxyl groups excluding tert-OH is 1. The summed E-state index contributed by atoms with van der Waals surface area (Å²) in [7, 11) is 0. The van der Waals surface area contributed by atoms with Crippen LogP contribution in [0.1, 0.15) is 16.1 Å². The summed E-state index contributed by atoms with van der Waals surface area (Å²) in [4.78, 5) is 7.34. The van der Waals surface area contributed by atoms with E-state index < -0.39 is 0 Å². The average Bonchev–Trinajstić information content (AvgIpc) is 3.11. The molecular weight excluding hydrogens is 410 g/mol. The summed E-state index contributed by atoms with van der Waals surface area (Å²) in [6, 6.07) is 21.0. The van der Waals surface area contributed by atoms with Gasteiger partial charge >= 0.3 is 0 Å². The first-order valence-corrected chi connectivity index (χ1v) is 11.5. The molecule has 4 aromatic rings. The standard InChI is InChI=1S/C25H23NO2S2/c1-16-13-20(11-12-23(16)28-14-17(2)27)29-15-24-18(3)26-25(30-24)22-10-6-8-19-7-4-5-9-21(19)22/h4-13,27H,2,14-15H2,1,3H3. The van der Waals surface area contributed by atoms with Crippen molar-refractivity contribution in [2.45, 2.75) is 24.5 Å². The molecule has 0 amide bonds. The molecule has 3 aromatic carbocycles. The highest BCUT2D eigenvalue weighted by Crippen LogP contribution is 2.36. The first kappa shape index (κ1) is 20.5. The van der Waals surface area contributed by atoms with Gasteiger partial charge in [-0.2, -0.15) is 0 Å². The van der Waals surface area contributed by atoms with Crippen LogP contribution >= 0.6 is 23.1 Å². The number of ether oxygens (including phenoxy) is 1. The van der Waals surface area contributed by atoms with Gasteiger partial charge in [0, 0.05) is 21.1 Å². The third kappa shape index (κ3) is 4.53. The Morgan fingerprint density at radius 2 is 1.90 bits per heavy atom. The van der Waals surface area contributed by atoms with Crippen LogP contribution < -0.4 is 4.74 Å². The lowest BCUT2D eigenvalue weighted by molar-refractivity contribution is 0.271. The molecule has 0 aliphatic heterocycles. The number of thioether (sulfide) groups is 1. The molecule has 4 rings (SSSR count). The minimum atomic E-state index is 0.0236. The largest absolute Gasteiger partial charge is 0.509 e. The summed E-state index contributed by atoms with van der Waals surface area (Å²) in [5.41, 5.74) is 3.33. The van der Waals surface area contributed by atoms with Crippen LogP contribution in [0.25, 0.3) is 21.3 Å². The Labute approximate surface area is 185 Å². The van der Waals surface area contributed by atoms with Gasteiger partial charge in [0.15, 0.2) is 0 Å². The van der Waals surface area contributed by atoms with Gasteiger partial charge in [-0.1, -0.05) is 49.0 Å². The monoisotopic (exact) mass is 433 g/mol. The van der Waals surface area contributed by atoms with Gasteiger partial charge in [0.2, 0.25) is 0 Å². The fourth-order valence-electron chi connectivity index (χ4n) is 3.27. The first-order valence-electron chi connectivity index (χ1n) is 9.68. The number of hydrogen-bond acceptors (Lipinski definition) is 5. The Morgan fingerprint density at radius 3 is 2.70 bits per heavy atom. The molecule has 0 spiro atoms. The number of nitrogens with zero attached hydrogens (tertiary/aromatic N) is 1. The van der Waals surface area contributed by atoms with E-state index in [0.29, 0.717) is 0 Å². The number of benzene rings is 3. The molecule has 0 radical (unpaired) electrons. The second-order valence-electron chi connectivity index (χ2n) is 7.13. The van der Waals surface area contributed by atoms with Crippen molar-refractivity contribution in [1.29, 1.82) is 0 Å². The van der Waals surface area contributed by atoms with Gasteiger partial charge in [0.05, 0.1) is 5.69 Å².